The second-order valence-corrected chi connectivity index (χ2v) is 6.55. The van der Waals surface area contributed by atoms with Crippen molar-refractivity contribution in [1.82, 2.24) is 4.90 Å². The molecule has 1 fully saturated rings. The standard InChI is InChI=1S/C17H19NO3S2/c1-4-7-12-8-11(9-13(15(12)19)21-6-3)10-14-16(20)18(5-2)17(22)23-14/h4,8-10,19H,1,5-7H2,2-3H3/b14-10-. The highest BCUT2D eigenvalue weighted by molar-refractivity contribution is 8.26. The number of likely N-dealkylation sites (N-methyl/N-ethyl adjacent to an activating group) is 1. The van der Waals surface area contributed by atoms with Crippen LogP contribution in [-0.2, 0) is 11.2 Å². The smallest absolute Gasteiger partial charge is 0.266 e. The Morgan fingerprint density at radius 1 is 1.43 bits per heavy atom. The molecule has 1 N–H and O–H groups in total. The van der Waals surface area contributed by atoms with Crippen LogP contribution in [0.25, 0.3) is 6.08 Å². The van der Waals surface area contributed by atoms with Crippen LogP contribution in [0.1, 0.15) is 25.0 Å². The van der Waals surface area contributed by atoms with Gasteiger partial charge in [0.1, 0.15) is 4.32 Å². The van der Waals surface area contributed by atoms with Gasteiger partial charge in [0, 0.05) is 12.1 Å². The first-order valence-corrected chi connectivity index (χ1v) is 8.59. The van der Waals surface area contributed by atoms with E-state index in [1.54, 1.807) is 23.1 Å². The van der Waals surface area contributed by atoms with Gasteiger partial charge in [-0.05, 0) is 44.0 Å². The first-order valence-electron chi connectivity index (χ1n) is 7.36. The molecule has 0 spiro atoms. The molecule has 1 aliphatic rings. The molecule has 1 aromatic carbocycles. The van der Waals surface area contributed by atoms with Gasteiger partial charge < -0.3 is 9.84 Å². The van der Waals surface area contributed by atoms with E-state index < -0.39 is 0 Å². The number of ether oxygens (including phenoxy) is 1. The van der Waals surface area contributed by atoms with Crippen molar-refractivity contribution in [1.29, 1.82) is 0 Å². The summed E-state index contributed by atoms with van der Waals surface area (Å²) in [4.78, 5) is 14.4. The third-order valence-electron chi connectivity index (χ3n) is 3.33. The highest BCUT2D eigenvalue weighted by atomic mass is 32.2. The number of thioether (sulfide) groups is 1. The molecule has 0 saturated carbocycles. The Balaban J connectivity index is 2.43. The minimum Gasteiger partial charge on any atom is -0.504 e. The summed E-state index contributed by atoms with van der Waals surface area (Å²) in [7, 11) is 0. The van der Waals surface area contributed by atoms with Crippen molar-refractivity contribution in [2.45, 2.75) is 20.3 Å². The minimum absolute atomic E-state index is 0.0844. The number of aromatic hydroxyl groups is 1. The molecule has 0 aliphatic carbocycles. The largest absolute Gasteiger partial charge is 0.504 e. The van der Waals surface area contributed by atoms with E-state index in [9.17, 15) is 9.90 Å². The lowest BCUT2D eigenvalue weighted by molar-refractivity contribution is -0.121. The molecule has 0 unspecified atom stereocenters. The summed E-state index contributed by atoms with van der Waals surface area (Å²) >= 11 is 6.50. The number of rotatable bonds is 6. The maximum Gasteiger partial charge on any atom is 0.266 e. The van der Waals surface area contributed by atoms with E-state index in [2.05, 4.69) is 6.58 Å². The maximum atomic E-state index is 12.3. The van der Waals surface area contributed by atoms with Gasteiger partial charge in [0.05, 0.1) is 11.5 Å². The third-order valence-corrected chi connectivity index (χ3v) is 4.71. The minimum atomic E-state index is -0.0844. The van der Waals surface area contributed by atoms with Crippen molar-refractivity contribution in [2.24, 2.45) is 0 Å². The van der Waals surface area contributed by atoms with Crippen LogP contribution in [0, 0.1) is 0 Å². The zero-order chi connectivity index (χ0) is 17.0. The average molecular weight is 349 g/mol. The van der Waals surface area contributed by atoms with Gasteiger partial charge in [-0.1, -0.05) is 30.1 Å². The van der Waals surface area contributed by atoms with Crippen molar-refractivity contribution in [3.05, 3.63) is 40.8 Å². The fourth-order valence-electron chi connectivity index (χ4n) is 2.27. The van der Waals surface area contributed by atoms with Gasteiger partial charge in [-0.3, -0.25) is 9.69 Å². The van der Waals surface area contributed by atoms with Gasteiger partial charge in [-0.2, -0.15) is 0 Å². The van der Waals surface area contributed by atoms with Crippen LogP contribution in [0.15, 0.2) is 29.7 Å². The number of allylic oxidation sites excluding steroid dienone is 1. The molecule has 23 heavy (non-hydrogen) atoms. The number of hydrogen-bond donors (Lipinski definition) is 1. The van der Waals surface area contributed by atoms with Gasteiger partial charge in [-0.25, -0.2) is 0 Å². The molecular weight excluding hydrogens is 330 g/mol. The maximum absolute atomic E-state index is 12.3. The summed E-state index contributed by atoms with van der Waals surface area (Å²) in [5, 5.41) is 10.2. The lowest BCUT2D eigenvalue weighted by Crippen LogP contribution is -2.27. The zero-order valence-corrected chi connectivity index (χ0v) is 14.8. The summed E-state index contributed by atoms with van der Waals surface area (Å²) < 4.78 is 6.05. The van der Waals surface area contributed by atoms with E-state index in [0.717, 1.165) is 5.56 Å². The topological polar surface area (TPSA) is 49.8 Å². The molecule has 122 valence electrons. The average Bonchev–Trinajstić information content (AvgIpc) is 2.78. The molecule has 1 aromatic rings. The molecule has 4 nitrogen and oxygen atoms in total. The normalized spacial score (nSPS) is 16.3. The Bertz CT molecular complexity index is 683. The lowest BCUT2D eigenvalue weighted by atomic mass is 10.1. The molecule has 6 heteroatoms. The Labute approximate surface area is 145 Å². The summed E-state index contributed by atoms with van der Waals surface area (Å²) in [6, 6.07) is 3.56. The lowest BCUT2D eigenvalue weighted by Gasteiger charge is -2.11. The van der Waals surface area contributed by atoms with Crippen LogP contribution >= 0.6 is 24.0 Å². The Hall–Kier alpha value is -1.79. The summed E-state index contributed by atoms with van der Waals surface area (Å²) in [5.41, 5.74) is 1.50. The van der Waals surface area contributed by atoms with E-state index >= 15 is 0 Å². The second kappa shape index (κ2) is 7.66. The Morgan fingerprint density at radius 3 is 2.74 bits per heavy atom. The summed E-state index contributed by atoms with van der Waals surface area (Å²) in [6.07, 6.45) is 4.01. The van der Waals surface area contributed by atoms with Crippen LogP contribution in [0.2, 0.25) is 0 Å². The Morgan fingerprint density at radius 2 is 2.17 bits per heavy atom. The van der Waals surface area contributed by atoms with Crippen molar-refractivity contribution < 1.29 is 14.6 Å². The molecule has 1 amide bonds. The first-order chi connectivity index (χ1) is 11.0. The van der Waals surface area contributed by atoms with Crippen LogP contribution < -0.4 is 4.74 Å². The van der Waals surface area contributed by atoms with E-state index in [-0.39, 0.29) is 11.7 Å². The molecule has 1 heterocycles. The van der Waals surface area contributed by atoms with Gasteiger partial charge in [-0.15, -0.1) is 6.58 Å². The van der Waals surface area contributed by atoms with Crippen LogP contribution in [0.4, 0.5) is 0 Å². The quantitative estimate of drug-likeness (QED) is 0.482. The number of carbonyl (C=O) groups excluding carboxylic acids is 1. The number of carbonyl (C=O) groups is 1. The van der Waals surface area contributed by atoms with Crippen LogP contribution in [-0.4, -0.2) is 33.4 Å². The third kappa shape index (κ3) is 3.76. The molecule has 1 aliphatic heterocycles. The molecule has 1 saturated heterocycles. The van der Waals surface area contributed by atoms with Crippen molar-refractivity contribution >= 4 is 40.3 Å². The first kappa shape index (κ1) is 17.6. The molecule has 0 radical (unpaired) electrons. The van der Waals surface area contributed by atoms with E-state index in [0.29, 0.717) is 40.1 Å². The van der Waals surface area contributed by atoms with Gasteiger partial charge in [0.15, 0.2) is 11.5 Å². The number of hydrogen-bond acceptors (Lipinski definition) is 5. The fraction of sp³-hybridized carbons (Fsp3) is 0.294. The number of amides is 1. The van der Waals surface area contributed by atoms with Gasteiger partial charge in [0.2, 0.25) is 0 Å². The predicted octanol–water partition coefficient (Wildman–Crippen LogP) is 3.74. The monoisotopic (exact) mass is 349 g/mol. The van der Waals surface area contributed by atoms with E-state index in [4.69, 9.17) is 17.0 Å². The number of phenols is 1. The number of nitrogens with zero attached hydrogens (tertiary/aromatic N) is 1. The number of phenolic OH excluding ortho intramolecular Hbond substituents is 1. The summed E-state index contributed by atoms with van der Waals surface area (Å²) in [6.45, 7) is 8.45. The fourth-order valence-corrected chi connectivity index (χ4v) is 3.66. The molecule has 0 atom stereocenters. The van der Waals surface area contributed by atoms with Gasteiger partial charge >= 0.3 is 0 Å². The Kier molecular flexibility index (Phi) is 5.85. The zero-order valence-electron chi connectivity index (χ0n) is 13.2. The molecule has 0 bridgehead atoms. The second-order valence-electron chi connectivity index (χ2n) is 4.88. The highest BCUT2D eigenvalue weighted by Gasteiger charge is 2.30. The van der Waals surface area contributed by atoms with Crippen molar-refractivity contribution in [2.75, 3.05) is 13.2 Å². The van der Waals surface area contributed by atoms with Crippen molar-refractivity contribution in [3.8, 4) is 11.5 Å². The van der Waals surface area contributed by atoms with Crippen LogP contribution in [0.5, 0.6) is 11.5 Å². The van der Waals surface area contributed by atoms with E-state index in [1.807, 2.05) is 19.9 Å². The van der Waals surface area contributed by atoms with Gasteiger partial charge in [0.25, 0.3) is 5.91 Å². The number of thiocarbonyl (C=S) groups is 1. The number of benzene rings is 1. The molecular formula is C17H19NO3S2. The molecule has 0 aromatic heterocycles. The highest BCUT2D eigenvalue weighted by Crippen LogP contribution is 2.36. The summed E-state index contributed by atoms with van der Waals surface area (Å²) in [5.74, 6) is 0.438. The molecule has 2 rings (SSSR count). The van der Waals surface area contributed by atoms with Crippen LogP contribution in [0.3, 0.4) is 0 Å². The SMILES string of the molecule is C=CCc1cc(/C=C2\SC(=S)N(CC)C2=O)cc(OCC)c1O. The van der Waals surface area contributed by atoms with Crippen molar-refractivity contribution in [3.63, 3.8) is 0 Å². The van der Waals surface area contributed by atoms with E-state index in [1.165, 1.54) is 11.8 Å². The predicted molar refractivity (Wildman–Crippen MR) is 98.7 cm³/mol.